The minimum absolute atomic E-state index is 0.145. The summed E-state index contributed by atoms with van der Waals surface area (Å²) in [6.07, 6.45) is 1.39. The van der Waals surface area contributed by atoms with Crippen molar-refractivity contribution in [2.75, 3.05) is 27.6 Å². The lowest BCUT2D eigenvalue weighted by atomic mass is 9.90. The molecule has 166 valence electrons. The number of hydrogen-bond donors (Lipinski definition) is 0. The van der Waals surface area contributed by atoms with Crippen LogP contribution in [0.2, 0.25) is 0 Å². The molecule has 32 heavy (non-hydrogen) atoms. The molecule has 0 bridgehead atoms. The SMILES string of the molecule is COc1cc2ncnc(Oc3cccc(-c4cc(C(C)(CF)CF)on4)c3)c2cc1OC. The van der Waals surface area contributed by atoms with Crippen molar-refractivity contribution in [3.8, 4) is 34.4 Å². The van der Waals surface area contributed by atoms with E-state index in [-0.39, 0.29) is 5.76 Å². The molecule has 2 aromatic carbocycles. The highest BCUT2D eigenvalue weighted by molar-refractivity contribution is 5.87. The molecule has 0 atom stereocenters. The molecule has 0 aliphatic carbocycles. The van der Waals surface area contributed by atoms with Gasteiger partial charge in [-0.25, -0.2) is 18.7 Å². The van der Waals surface area contributed by atoms with E-state index in [2.05, 4.69) is 15.1 Å². The average Bonchev–Trinajstić information content (AvgIpc) is 3.34. The van der Waals surface area contributed by atoms with Crippen molar-refractivity contribution in [1.29, 1.82) is 0 Å². The zero-order valence-corrected chi connectivity index (χ0v) is 17.8. The third-order valence-corrected chi connectivity index (χ3v) is 5.14. The van der Waals surface area contributed by atoms with Gasteiger partial charge in [-0.1, -0.05) is 17.3 Å². The van der Waals surface area contributed by atoms with Crippen molar-refractivity contribution in [1.82, 2.24) is 15.1 Å². The molecule has 0 saturated heterocycles. The zero-order valence-electron chi connectivity index (χ0n) is 17.8. The minimum Gasteiger partial charge on any atom is -0.493 e. The lowest BCUT2D eigenvalue weighted by molar-refractivity contribution is 0.206. The topological polar surface area (TPSA) is 79.5 Å². The summed E-state index contributed by atoms with van der Waals surface area (Å²) in [4.78, 5) is 8.51. The second-order valence-electron chi connectivity index (χ2n) is 7.44. The maximum absolute atomic E-state index is 13.3. The first-order chi connectivity index (χ1) is 15.5. The molecule has 7 nitrogen and oxygen atoms in total. The normalized spacial score (nSPS) is 11.5. The number of ether oxygens (including phenoxy) is 3. The first-order valence-corrected chi connectivity index (χ1v) is 9.75. The molecule has 0 unspecified atom stereocenters. The van der Waals surface area contributed by atoms with Crippen LogP contribution in [0.1, 0.15) is 12.7 Å². The maximum atomic E-state index is 13.3. The fraction of sp³-hybridized carbons (Fsp3) is 0.261. The molecule has 0 aliphatic heterocycles. The number of nitrogens with zero attached hydrogens (tertiary/aromatic N) is 3. The van der Waals surface area contributed by atoms with Gasteiger partial charge in [0, 0.05) is 17.7 Å². The Labute approximate surface area is 182 Å². The van der Waals surface area contributed by atoms with Crippen LogP contribution in [-0.2, 0) is 5.41 Å². The molecule has 0 aliphatic rings. The number of aromatic nitrogens is 3. The molecular formula is C23H21F2N3O4. The van der Waals surface area contributed by atoms with Crippen LogP contribution in [-0.4, -0.2) is 42.7 Å². The Kier molecular flexibility index (Phi) is 5.89. The first-order valence-electron chi connectivity index (χ1n) is 9.75. The monoisotopic (exact) mass is 441 g/mol. The third kappa shape index (κ3) is 3.93. The van der Waals surface area contributed by atoms with Gasteiger partial charge in [-0.15, -0.1) is 0 Å². The highest BCUT2D eigenvalue weighted by atomic mass is 19.1. The Bertz CT molecular complexity index is 1240. The van der Waals surface area contributed by atoms with Crippen LogP contribution in [0.25, 0.3) is 22.2 Å². The molecule has 0 saturated carbocycles. The second-order valence-corrected chi connectivity index (χ2v) is 7.44. The van der Waals surface area contributed by atoms with Crippen molar-refractivity contribution in [2.45, 2.75) is 12.3 Å². The quantitative estimate of drug-likeness (QED) is 0.367. The van der Waals surface area contributed by atoms with Crippen LogP contribution in [0.15, 0.2) is 53.3 Å². The first kappa shape index (κ1) is 21.5. The van der Waals surface area contributed by atoms with E-state index in [0.717, 1.165) is 0 Å². The summed E-state index contributed by atoms with van der Waals surface area (Å²) in [5.41, 5.74) is 0.369. The van der Waals surface area contributed by atoms with Crippen LogP contribution in [0, 0.1) is 0 Å². The van der Waals surface area contributed by atoms with Crippen molar-refractivity contribution in [3.05, 3.63) is 54.6 Å². The predicted molar refractivity (Wildman–Crippen MR) is 114 cm³/mol. The van der Waals surface area contributed by atoms with Gasteiger partial charge in [-0.3, -0.25) is 0 Å². The van der Waals surface area contributed by atoms with Crippen LogP contribution in [0.4, 0.5) is 8.78 Å². The van der Waals surface area contributed by atoms with Gasteiger partial charge in [0.2, 0.25) is 5.88 Å². The lowest BCUT2D eigenvalue weighted by Crippen LogP contribution is -2.26. The predicted octanol–water partition coefficient (Wildman–Crippen LogP) is 5.29. The summed E-state index contributed by atoms with van der Waals surface area (Å²) >= 11 is 0. The third-order valence-electron chi connectivity index (χ3n) is 5.14. The Morgan fingerprint density at radius 2 is 1.72 bits per heavy atom. The minimum atomic E-state index is -1.36. The second kappa shape index (κ2) is 8.78. The van der Waals surface area contributed by atoms with Gasteiger partial charge in [-0.05, 0) is 25.1 Å². The van der Waals surface area contributed by atoms with E-state index in [1.807, 2.05) is 0 Å². The number of fused-ring (bicyclic) bond motifs is 1. The van der Waals surface area contributed by atoms with Gasteiger partial charge < -0.3 is 18.7 Å². The van der Waals surface area contributed by atoms with E-state index in [0.29, 0.717) is 45.3 Å². The molecule has 0 amide bonds. The van der Waals surface area contributed by atoms with Gasteiger partial charge in [0.25, 0.3) is 0 Å². The molecule has 9 heteroatoms. The van der Waals surface area contributed by atoms with E-state index in [1.54, 1.807) is 50.6 Å². The number of alkyl halides is 2. The van der Waals surface area contributed by atoms with Crippen molar-refractivity contribution < 1.29 is 27.5 Å². The van der Waals surface area contributed by atoms with Crippen LogP contribution in [0.5, 0.6) is 23.1 Å². The molecule has 0 fully saturated rings. The summed E-state index contributed by atoms with van der Waals surface area (Å²) in [6.45, 7) is -0.340. The van der Waals surface area contributed by atoms with Crippen LogP contribution >= 0.6 is 0 Å². The Morgan fingerprint density at radius 3 is 2.44 bits per heavy atom. The summed E-state index contributed by atoms with van der Waals surface area (Å²) in [5.74, 6) is 2.03. The molecule has 2 heterocycles. The van der Waals surface area contributed by atoms with Crippen LogP contribution < -0.4 is 14.2 Å². The number of halogens is 2. The average molecular weight is 441 g/mol. The molecular weight excluding hydrogens is 420 g/mol. The summed E-state index contributed by atoms with van der Waals surface area (Å²) < 4.78 is 48.5. The maximum Gasteiger partial charge on any atom is 0.230 e. The van der Waals surface area contributed by atoms with Gasteiger partial charge in [0.05, 0.1) is 30.5 Å². The molecule has 0 N–H and O–H groups in total. The van der Waals surface area contributed by atoms with Gasteiger partial charge >= 0.3 is 0 Å². The van der Waals surface area contributed by atoms with E-state index < -0.39 is 18.8 Å². The zero-order chi connectivity index (χ0) is 22.7. The van der Waals surface area contributed by atoms with E-state index in [9.17, 15) is 8.78 Å². The summed E-state index contributed by atoms with van der Waals surface area (Å²) in [5, 5.41) is 4.61. The van der Waals surface area contributed by atoms with E-state index >= 15 is 0 Å². The largest absolute Gasteiger partial charge is 0.493 e. The van der Waals surface area contributed by atoms with Gasteiger partial charge in [0.15, 0.2) is 11.5 Å². The standard InChI is InChI=1S/C23H21F2N3O4/c1-23(11-24,12-25)21-10-17(28-32-21)14-5-4-6-15(7-14)31-22-16-8-19(29-2)20(30-3)9-18(16)26-13-27-22/h4-10,13H,11-12H2,1-3H3. The molecule has 0 radical (unpaired) electrons. The number of rotatable bonds is 8. The smallest absolute Gasteiger partial charge is 0.230 e. The number of methoxy groups -OCH3 is 2. The molecule has 2 aromatic heterocycles. The summed E-state index contributed by atoms with van der Waals surface area (Å²) in [6, 6.07) is 12.1. The van der Waals surface area contributed by atoms with Crippen molar-refractivity contribution in [3.63, 3.8) is 0 Å². The van der Waals surface area contributed by atoms with Gasteiger partial charge in [0.1, 0.15) is 36.9 Å². The summed E-state index contributed by atoms with van der Waals surface area (Å²) in [7, 11) is 3.09. The Balaban J connectivity index is 1.67. The van der Waals surface area contributed by atoms with Crippen molar-refractivity contribution >= 4 is 10.9 Å². The fourth-order valence-electron chi connectivity index (χ4n) is 3.13. The van der Waals surface area contributed by atoms with E-state index in [4.69, 9.17) is 18.7 Å². The van der Waals surface area contributed by atoms with Crippen molar-refractivity contribution in [2.24, 2.45) is 0 Å². The fourth-order valence-corrected chi connectivity index (χ4v) is 3.13. The highest BCUT2D eigenvalue weighted by Gasteiger charge is 2.32. The molecule has 0 spiro atoms. The van der Waals surface area contributed by atoms with Crippen LogP contribution in [0.3, 0.4) is 0 Å². The Morgan fingerprint density at radius 1 is 0.969 bits per heavy atom. The number of benzene rings is 2. The molecule has 4 rings (SSSR count). The Hall–Kier alpha value is -3.75. The van der Waals surface area contributed by atoms with Gasteiger partial charge in [-0.2, -0.15) is 0 Å². The highest BCUT2D eigenvalue weighted by Crippen LogP contribution is 2.36. The molecule has 4 aromatic rings. The lowest BCUT2D eigenvalue weighted by Gasteiger charge is -2.17. The number of hydrogen-bond acceptors (Lipinski definition) is 7. The van der Waals surface area contributed by atoms with E-state index in [1.165, 1.54) is 19.3 Å².